The Labute approximate surface area is 317 Å². The van der Waals surface area contributed by atoms with Crippen LogP contribution in [0.3, 0.4) is 0 Å². The molecule has 3 aromatic rings. The molecule has 5 rings (SSSR count). The molecule has 0 atom stereocenters. The van der Waals surface area contributed by atoms with Crippen LogP contribution in [-0.2, 0) is 18.6 Å². The first-order chi connectivity index (χ1) is 24.8. The highest BCUT2D eigenvalue weighted by Crippen LogP contribution is 2.46. The maximum absolute atomic E-state index is 16.7. The Morgan fingerprint density at radius 2 is 1.57 bits per heavy atom. The van der Waals surface area contributed by atoms with Gasteiger partial charge in [0.1, 0.15) is 35.4 Å². The van der Waals surface area contributed by atoms with E-state index < -0.39 is 43.6 Å². The number of anilines is 3. The van der Waals surface area contributed by atoms with Gasteiger partial charge in [-0.1, -0.05) is 20.8 Å². The van der Waals surface area contributed by atoms with Crippen LogP contribution in [0.5, 0.6) is 5.88 Å². The zero-order valence-electron chi connectivity index (χ0n) is 33.7. The average Bonchev–Trinajstić information content (AvgIpc) is 2.99. The number of benzene rings is 1. The van der Waals surface area contributed by atoms with Crippen LogP contribution >= 0.6 is 0 Å². The van der Waals surface area contributed by atoms with Crippen LogP contribution in [0, 0.1) is 12.7 Å². The van der Waals surface area contributed by atoms with Crippen molar-refractivity contribution in [1.82, 2.24) is 9.97 Å². The number of amides is 3. The quantitative estimate of drug-likeness (QED) is 0.183. The van der Waals surface area contributed by atoms with Gasteiger partial charge in [0.05, 0.1) is 17.8 Å². The summed E-state index contributed by atoms with van der Waals surface area (Å²) in [5.74, 6) is -0.430. The van der Waals surface area contributed by atoms with Crippen LogP contribution < -0.4 is 20.3 Å². The molecule has 3 amide bonds. The zero-order valence-corrected chi connectivity index (χ0v) is 34.7. The van der Waals surface area contributed by atoms with Crippen molar-refractivity contribution >= 4 is 54.6 Å². The number of nitrogens with one attached hydrogen (secondary N) is 2. The number of hydrogen-bond acceptors (Lipinski definition) is 10. The van der Waals surface area contributed by atoms with Crippen LogP contribution in [0.1, 0.15) is 87.6 Å². The molecule has 0 bridgehead atoms. The van der Waals surface area contributed by atoms with Crippen molar-refractivity contribution in [1.29, 1.82) is 0 Å². The van der Waals surface area contributed by atoms with Gasteiger partial charge in [-0.15, -0.1) is 0 Å². The number of carbonyl (C=O) groups excluding carboxylic acids is 3. The summed E-state index contributed by atoms with van der Waals surface area (Å²) in [4.78, 5) is 49.5. The molecule has 0 unspecified atom stereocenters. The summed E-state index contributed by atoms with van der Waals surface area (Å²) in [7, 11) is -2.02. The van der Waals surface area contributed by atoms with Gasteiger partial charge in [0.2, 0.25) is 5.88 Å². The summed E-state index contributed by atoms with van der Waals surface area (Å²) < 4.78 is 45.9. The third-order valence-corrected chi connectivity index (χ3v) is 14.3. The average molecular weight is 768 g/mol. The first kappa shape index (κ1) is 40.7. The SMILES string of the molecule is Cc1c(-c2cc3cc(NC(=O)OC4CC(C)(O[Si](C)(C)C(C)(C)C)C4)ncc3c(NC(=O)OC(C)(C)C)c2F)cnc2c1N(C(=O)OC(C)(C)C)CCO2. The molecule has 1 aliphatic heterocycles. The highest BCUT2D eigenvalue weighted by molar-refractivity contribution is 6.74. The van der Waals surface area contributed by atoms with E-state index in [1.165, 1.54) is 17.3 Å². The molecule has 1 aliphatic carbocycles. The molecule has 15 heteroatoms. The van der Waals surface area contributed by atoms with Gasteiger partial charge < -0.3 is 23.4 Å². The van der Waals surface area contributed by atoms with Crippen LogP contribution in [0.15, 0.2) is 24.5 Å². The van der Waals surface area contributed by atoms with Crippen molar-refractivity contribution in [2.45, 2.75) is 130 Å². The first-order valence-electron chi connectivity index (χ1n) is 18.2. The van der Waals surface area contributed by atoms with E-state index in [4.69, 9.17) is 23.4 Å². The van der Waals surface area contributed by atoms with Crippen LogP contribution in [-0.4, -0.2) is 72.6 Å². The lowest BCUT2D eigenvalue weighted by molar-refractivity contribution is -0.0911. The van der Waals surface area contributed by atoms with Gasteiger partial charge in [0, 0.05) is 41.7 Å². The van der Waals surface area contributed by atoms with Gasteiger partial charge in [-0.25, -0.2) is 28.7 Å². The second-order valence-corrected chi connectivity index (χ2v) is 22.6. The smallest absolute Gasteiger partial charge is 0.415 e. The molecule has 2 aliphatic rings. The van der Waals surface area contributed by atoms with Crippen molar-refractivity contribution in [3.05, 3.63) is 35.9 Å². The molecular formula is C39H54FN5O8Si. The number of hydrogen-bond donors (Lipinski definition) is 2. The second kappa shape index (κ2) is 14.3. The zero-order chi connectivity index (χ0) is 40.2. The monoisotopic (exact) mass is 767 g/mol. The fourth-order valence-electron chi connectivity index (χ4n) is 6.30. The summed E-state index contributed by atoms with van der Waals surface area (Å²) in [6.45, 7) is 25.5. The molecule has 0 saturated heterocycles. The number of nitrogens with zero attached hydrogens (tertiary/aromatic N) is 3. The van der Waals surface area contributed by atoms with Crippen molar-refractivity contribution in [2.24, 2.45) is 0 Å². The fraction of sp³-hybridized carbons (Fsp3) is 0.564. The molecule has 1 saturated carbocycles. The number of fused-ring (bicyclic) bond motifs is 2. The van der Waals surface area contributed by atoms with Crippen molar-refractivity contribution in [2.75, 3.05) is 28.7 Å². The number of pyridine rings is 2. The lowest BCUT2D eigenvalue weighted by Gasteiger charge is -2.51. The Balaban J connectivity index is 1.47. The van der Waals surface area contributed by atoms with Crippen LogP contribution in [0.2, 0.25) is 18.1 Å². The summed E-state index contributed by atoms with van der Waals surface area (Å²) >= 11 is 0. The minimum atomic E-state index is -2.02. The third kappa shape index (κ3) is 9.05. The van der Waals surface area contributed by atoms with Gasteiger partial charge in [0.25, 0.3) is 0 Å². The van der Waals surface area contributed by atoms with Gasteiger partial charge in [-0.3, -0.25) is 15.5 Å². The summed E-state index contributed by atoms with van der Waals surface area (Å²) in [5.41, 5.74) is -0.945. The molecule has 13 nitrogen and oxygen atoms in total. The Kier molecular flexibility index (Phi) is 10.8. The number of ether oxygens (including phenoxy) is 4. The van der Waals surface area contributed by atoms with Gasteiger partial charge in [-0.05, 0) is 96.6 Å². The Hall–Kier alpha value is -4.50. The summed E-state index contributed by atoms with van der Waals surface area (Å²) in [6.07, 6.45) is 1.47. The van der Waals surface area contributed by atoms with Crippen molar-refractivity contribution < 1.29 is 42.1 Å². The number of aromatic nitrogens is 2. The predicted octanol–water partition coefficient (Wildman–Crippen LogP) is 9.72. The fourth-order valence-corrected chi connectivity index (χ4v) is 8.00. The van der Waals surface area contributed by atoms with Crippen LogP contribution in [0.4, 0.5) is 36.0 Å². The van der Waals surface area contributed by atoms with Crippen LogP contribution in [0.25, 0.3) is 21.9 Å². The maximum Gasteiger partial charge on any atom is 0.415 e. The molecule has 294 valence electrons. The van der Waals surface area contributed by atoms with Crippen molar-refractivity contribution in [3.8, 4) is 17.0 Å². The Morgan fingerprint density at radius 3 is 2.19 bits per heavy atom. The van der Waals surface area contributed by atoms with E-state index >= 15 is 4.39 Å². The minimum Gasteiger partial charge on any atom is -0.474 e. The van der Waals surface area contributed by atoms with Gasteiger partial charge in [-0.2, -0.15) is 0 Å². The van der Waals surface area contributed by atoms with Gasteiger partial charge in [0.15, 0.2) is 14.1 Å². The predicted molar refractivity (Wildman–Crippen MR) is 208 cm³/mol. The van der Waals surface area contributed by atoms with E-state index in [0.29, 0.717) is 35.0 Å². The van der Waals surface area contributed by atoms with Gasteiger partial charge >= 0.3 is 18.3 Å². The molecule has 2 aromatic heterocycles. The molecule has 1 aromatic carbocycles. The Morgan fingerprint density at radius 1 is 0.926 bits per heavy atom. The van der Waals surface area contributed by atoms with E-state index in [1.807, 2.05) is 0 Å². The Bertz CT molecular complexity index is 1960. The highest BCUT2D eigenvalue weighted by atomic mass is 28.4. The van der Waals surface area contributed by atoms with E-state index in [2.05, 4.69) is 61.4 Å². The van der Waals surface area contributed by atoms with E-state index in [9.17, 15) is 14.4 Å². The second-order valence-electron chi connectivity index (χ2n) is 17.8. The van der Waals surface area contributed by atoms with E-state index in [-0.39, 0.29) is 58.2 Å². The van der Waals surface area contributed by atoms with Crippen molar-refractivity contribution in [3.63, 3.8) is 0 Å². The minimum absolute atomic E-state index is 0.0517. The largest absolute Gasteiger partial charge is 0.474 e. The topological polar surface area (TPSA) is 150 Å². The van der Waals surface area contributed by atoms with E-state index in [1.54, 1.807) is 60.6 Å². The molecule has 1 fully saturated rings. The number of halogens is 1. The molecule has 54 heavy (non-hydrogen) atoms. The maximum atomic E-state index is 16.7. The third-order valence-electron chi connectivity index (χ3n) is 9.72. The number of carbonyl (C=O) groups is 3. The lowest BCUT2D eigenvalue weighted by Crippen LogP contribution is -2.56. The lowest BCUT2D eigenvalue weighted by atomic mass is 9.79. The molecule has 0 spiro atoms. The standard InChI is InChI=1S/C39H54FN5O8Si/c1-22-26(20-42-32-31(22)45(14-15-49-32)35(48)52-37(5,6)7)25-16-23-17-28(41-21-27(23)30(29(25)40)44-34(47)51-36(2,3)4)43-33(46)50-24-18-39(11,19-24)53-54(12,13)38(8,9)10/h16-17,20-21,24H,14-15,18-19H2,1-13H3,(H,44,47)(H,41,43,46). The molecule has 0 radical (unpaired) electrons. The highest BCUT2D eigenvalue weighted by Gasteiger charge is 2.50. The molecular weight excluding hydrogens is 714 g/mol. The van der Waals surface area contributed by atoms with E-state index in [0.717, 1.165) is 0 Å². The molecule has 2 N–H and O–H groups in total. The summed E-state index contributed by atoms with van der Waals surface area (Å²) in [5, 5.41) is 5.98. The first-order valence-corrected chi connectivity index (χ1v) is 21.1. The summed E-state index contributed by atoms with van der Waals surface area (Å²) in [6, 6.07) is 3.12. The number of rotatable bonds is 6. The normalized spacial score (nSPS) is 18.9. The molecule has 3 heterocycles.